The number of amides is 2. The van der Waals surface area contributed by atoms with Crippen LogP contribution in [-0.2, 0) is 19.6 Å². The largest absolute Gasteiger partial charge is 0.497 e. The Kier molecular flexibility index (Phi) is 7.93. The predicted octanol–water partition coefficient (Wildman–Crippen LogP) is 2.25. The van der Waals surface area contributed by atoms with E-state index in [0.717, 1.165) is 0 Å². The number of piperidine rings is 1. The molecular formula is C23H29N3O6S. The van der Waals surface area contributed by atoms with Gasteiger partial charge in [-0.05, 0) is 56.2 Å². The van der Waals surface area contributed by atoms with Crippen molar-refractivity contribution in [1.82, 2.24) is 9.62 Å². The van der Waals surface area contributed by atoms with Gasteiger partial charge in [0.25, 0.3) is 0 Å². The predicted molar refractivity (Wildman–Crippen MR) is 124 cm³/mol. The Morgan fingerprint density at radius 2 is 1.76 bits per heavy atom. The molecule has 2 atom stereocenters. The lowest BCUT2D eigenvalue weighted by molar-refractivity contribution is -0.129. The van der Waals surface area contributed by atoms with Crippen LogP contribution in [0.4, 0.5) is 5.69 Å². The average molecular weight is 476 g/mol. The molecule has 33 heavy (non-hydrogen) atoms. The summed E-state index contributed by atoms with van der Waals surface area (Å²) < 4.78 is 37.7. The number of benzene rings is 2. The molecular weight excluding hydrogens is 446 g/mol. The summed E-state index contributed by atoms with van der Waals surface area (Å²) in [5.41, 5.74) is 0.500. The van der Waals surface area contributed by atoms with Gasteiger partial charge >= 0.3 is 0 Å². The second-order valence-corrected chi connectivity index (χ2v) is 9.74. The number of ether oxygens (including phenoxy) is 2. The van der Waals surface area contributed by atoms with Crippen LogP contribution in [0.2, 0.25) is 0 Å². The number of para-hydroxylation sites is 2. The molecule has 0 aromatic heterocycles. The molecule has 1 aliphatic heterocycles. The van der Waals surface area contributed by atoms with Gasteiger partial charge in [0.15, 0.2) is 0 Å². The molecule has 0 saturated carbocycles. The molecule has 1 heterocycles. The molecule has 0 radical (unpaired) electrons. The van der Waals surface area contributed by atoms with Crippen LogP contribution in [0.3, 0.4) is 0 Å². The summed E-state index contributed by atoms with van der Waals surface area (Å²) in [7, 11) is -0.728. The number of carbonyl (C=O) groups excluding carboxylic acids is 2. The minimum Gasteiger partial charge on any atom is -0.497 e. The van der Waals surface area contributed by atoms with E-state index in [9.17, 15) is 18.0 Å². The van der Waals surface area contributed by atoms with Crippen LogP contribution in [0.25, 0.3) is 0 Å². The van der Waals surface area contributed by atoms with Crippen molar-refractivity contribution in [3.8, 4) is 11.5 Å². The molecule has 3 rings (SSSR count). The zero-order chi connectivity index (χ0) is 24.0. The molecule has 2 N–H and O–H groups in total. The highest BCUT2D eigenvalue weighted by Gasteiger charge is 2.34. The number of nitrogens with one attached hydrogen (secondary N) is 2. The van der Waals surface area contributed by atoms with Crippen LogP contribution >= 0.6 is 0 Å². The number of nitrogens with zero attached hydrogens (tertiary/aromatic N) is 1. The Bertz CT molecular complexity index is 1090. The van der Waals surface area contributed by atoms with Gasteiger partial charge in [0.2, 0.25) is 21.8 Å². The third kappa shape index (κ3) is 5.82. The van der Waals surface area contributed by atoms with Crippen LogP contribution in [0, 0.1) is 5.92 Å². The first-order chi connectivity index (χ1) is 15.8. The van der Waals surface area contributed by atoms with Gasteiger partial charge in [-0.25, -0.2) is 8.42 Å². The smallest absolute Gasteiger partial charge is 0.246 e. The van der Waals surface area contributed by atoms with E-state index in [1.165, 1.54) is 30.7 Å². The summed E-state index contributed by atoms with van der Waals surface area (Å²) in [4.78, 5) is 25.5. The lowest BCUT2D eigenvalue weighted by Gasteiger charge is -2.31. The van der Waals surface area contributed by atoms with Crippen molar-refractivity contribution in [3.05, 3.63) is 48.5 Å². The van der Waals surface area contributed by atoms with Gasteiger partial charge in [-0.1, -0.05) is 12.1 Å². The van der Waals surface area contributed by atoms with Crippen LogP contribution < -0.4 is 20.1 Å². The number of anilines is 1. The SMILES string of the molecule is COc1ccc(S(=O)(=O)N2CCCC(C(=O)N[C@@H](C)C(=O)Nc3ccccc3OC)C2)cc1. The van der Waals surface area contributed by atoms with Crippen LogP contribution in [0.5, 0.6) is 11.5 Å². The summed E-state index contributed by atoms with van der Waals surface area (Å²) >= 11 is 0. The van der Waals surface area contributed by atoms with Crippen LogP contribution in [0.1, 0.15) is 19.8 Å². The first kappa shape index (κ1) is 24.5. The lowest BCUT2D eigenvalue weighted by Crippen LogP contribution is -2.49. The Hall–Kier alpha value is -3.11. The second-order valence-electron chi connectivity index (χ2n) is 7.80. The molecule has 0 bridgehead atoms. The van der Waals surface area contributed by atoms with Gasteiger partial charge in [0.05, 0.1) is 30.7 Å². The highest BCUT2D eigenvalue weighted by molar-refractivity contribution is 7.89. The van der Waals surface area contributed by atoms with Crippen LogP contribution in [-0.4, -0.2) is 57.9 Å². The maximum absolute atomic E-state index is 13.0. The number of methoxy groups -OCH3 is 2. The van der Waals surface area contributed by atoms with Crippen molar-refractivity contribution in [1.29, 1.82) is 0 Å². The molecule has 2 aromatic carbocycles. The molecule has 178 valence electrons. The molecule has 0 aliphatic carbocycles. The number of sulfonamides is 1. The normalized spacial score (nSPS) is 17.6. The van der Waals surface area contributed by atoms with Crippen molar-refractivity contribution in [3.63, 3.8) is 0 Å². The fourth-order valence-corrected chi connectivity index (χ4v) is 5.18. The Balaban J connectivity index is 1.62. The summed E-state index contributed by atoms with van der Waals surface area (Å²) in [6, 6.07) is 12.3. The van der Waals surface area contributed by atoms with Gasteiger partial charge in [-0.2, -0.15) is 4.31 Å². The van der Waals surface area contributed by atoms with E-state index in [1.807, 2.05) is 0 Å². The molecule has 1 aliphatic rings. The van der Waals surface area contributed by atoms with E-state index in [1.54, 1.807) is 43.3 Å². The molecule has 2 amide bonds. The van der Waals surface area contributed by atoms with Crippen molar-refractivity contribution in [2.45, 2.75) is 30.7 Å². The van der Waals surface area contributed by atoms with Gasteiger partial charge in [0, 0.05) is 13.1 Å². The number of hydrogen-bond acceptors (Lipinski definition) is 6. The summed E-state index contributed by atoms with van der Waals surface area (Å²) in [5, 5.41) is 5.44. The third-order valence-electron chi connectivity index (χ3n) is 5.57. The fraction of sp³-hybridized carbons (Fsp3) is 0.391. The molecule has 1 saturated heterocycles. The maximum Gasteiger partial charge on any atom is 0.246 e. The fourth-order valence-electron chi connectivity index (χ4n) is 3.66. The van der Waals surface area contributed by atoms with Gasteiger partial charge in [-0.15, -0.1) is 0 Å². The molecule has 9 nitrogen and oxygen atoms in total. The van der Waals surface area contributed by atoms with Crippen molar-refractivity contribution in [2.24, 2.45) is 5.92 Å². The van der Waals surface area contributed by atoms with E-state index >= 15 is 0 Å². The Labute approximate surface area is 194 Å². The molecule has 10 heteroatoms. The highest BCUT2D eigenvalue weighted by Crippen LogP contribution is 2.26. The van der Waals surface area contributed by atoms with Crippen LogP contribution in [0.15, 0.2) is 53.4 Å². The molecule has 1 fully saturated rings. The first-order valence-electron chi connectivity index (χ1n) is 10.6. The Morgan fingerprint density at radius 3 is 2.42 bits per heavy atom. The quantitative estimate of drug-likeness (QED) is 0.605. The number of rotatable bonds is 8. The van der Waals surface area contributed by atoms with E-state index in [4.69, 9.17) is 9.47 Å². The minimum atomic E-state index is -3.74. The standard InChI is InChI=1S/C23H29N3O6S/c1-16(22(27)25-20-8-4-5-9-21(20)32-3)24-23(28)17-7-6-14-26(15-17)33(29,30)19-12-10-18(31-2)11-13-19/h4-5,8-13,16-17H,6-7,14-15H2,1-3H3,(H,24,28)(H,25,27)/t16-,17?/m0/s1. The topological polar surface area (TPSA) is 114 Å². The van der Waals surface area contributed by atoms with E-state index in [2.05, 4.69) is 10.6 Å². The van der Waals surface area contributed by atoms with Crippen molar-refractivity contribution in [2.75, 3.05) is 32.6 Å². The highest BCUT2D eigenvalue weighted by atomic mass is 32.2. The minimum absolute atomic E-state index is 0.0566. The van der Waals surface area contributed by atoms with Gasteiger partial charge < -0.3 is 20.1 Å². The molecule has 0 spiro atoms. The Morgan fingerprint density at radius 1 is 1.06 bits per heavy atom. The lowest BCUT2D eigenvalue weighted by atomic mass is 9.98. The monoisotopic (exact) mass is 475 g/mol. The average Bonchev–Trinajstić information content (AvgIpc) is 2.84. The summed E-state index contributed by atoms with van der Waals surface area (Å²) in [6.07, 6.45) is 1.09. The van der Waals surface area contributed by atoms with Crippen molar-refractivity contribution >= 4 is 27.5 Å². The number of hydrogen-bond donors (Lipinski definition) is 2. The van der Waals surface area contributed by atoms with Gasteiger partial charge in [0.1, 0.15) is 17.5 Å². The maximum atomic E-state index is 13.0. The summed E-state index contributed by atoms with van der Waals surface area (Å²) in [6.45, 7) is 1.97. The van der Waals surface area contributed by atoms with Crippen molar-refractivity contribution < 1.29 is 27.5 Å². The zero-order valence-corrected chi connectivity index (χ0v) is 19.7. The number of carbonyl (C=O) groups is 2. The third-order valence-corrected chi connectivity index (χ3v) is 7.45. The van der Waals surface area contributed by atoms with E-state index in [-0.39, 0.29) is 17.3 Å². The second kappa shape index (κ2) is 10.7. The van der Waals surface area contributed by atoms with E-state index in [0.29, 0.717) is 36.6 Å². The first-order valence-corrected chi connectivity index (χ1v) is 12.1. The molecule has 2 aromatic rings. The molecule has 1 unspecified atom stereocenters. The van der Waals surface area contributed by atoms with Gasteiger partial charge in [-0.3, -0.25) is 9.59 Å². The van der Waals surface area contributed by atoms with E-state index < -0.39 is 27.9 Å². The zero-order valence-electron chi connectivity index (χ0n) is 18.9. The summed E-state index contributed by atoms with van der Waals surface area (Å²) in [5.74, 6) is -0.228.